The molecule has 0 saturated heterocycles. The molecule has 0 radical (unpaired) electrons. The normalized spacial score (nSPS) is 15.9. The monoisotopic (exact) mass is 328 g/mol. The van der Waals surface area contributed by atoms with E-state index >= 15 is 0 Å². The van der Waals surface area contributed by atoms with Gasteiger partial charge in [-0.15, -0.1) is 0 Å². The lowest BCUT2D eigenvalue weighted by molar-refractivity contribution is -0.386. The summed E-state index contributed by atoms with van der Waals surface area (Å²) >= 11 is 6.97. The molecule has 1 aliphatic carbocycles. The molecule has 2 aromatic rings. The minimum atomic E-state index is -0.821. The molecule has 112 valence electrons. The van der Waals surface area contributed by atoms with Gasteiger partial charge in [0.05, 0.1) is 4.92 Å². The largest absolute Gasteiger partial charge is 0.372 e. The minimum Gasteiger partial charge on any atom is -0.259 e. The molecule has 0 amide bonds. The van der Waals surface area contributed by atoms with Crippen molar-refractivity contribution in [3.05, 3.63) is 30.6 Å². The molecule has 0 bridgehead atoms. The van der Waals surface area contributed by atoms with Crippen LogP contribution >= 0.6 is 22.9 Å². The zero-order valence-corrected chi connectivity index (χ0v) is 12.7. The predicted octanol–water partition coefficient (Wildman–Crippen LogP) is 2.84. The number of aromatic nitrogens is 3. The van der Waals surface area contributed by atoms with Gasteiger partial charge < -0.3 is 0 Å². The molecule has 1 aliphatic rings. The smallest absolute Gasteiger partial charge is 0.259 e. The first-order chi connectivity index (χ1) is 10.1. The van der Waals surface area contributed by atoms with Gasteiger partial charge in [-0.05, 0) is 12.3 Å². The third kappa shape index (κ3) is 2.77. The van der Waals surface area contributed by atoms with Crippen molar-refractivity contribution in [1.29, 1.82) is 0 Å². The van der Waals surface area contributed by atoms with Crippen molar-refractivity contribution in [1.82, 2.24) is 14.6 Å². The van der Waals surface area contributed by atoms with Crippen LogP contribution in [0.2, 0.25) is 5.15 Å². The molecular weight excluding hydrogens is 316 g/mol. The SMILES string of the molecule is O=c1c([N+](=O)[O-])c(Cl)nc2sc(CCC3CCCC3)nn12. The van der Waals surface area contributed by atoms with Crippen LogP contribution in [-0.4, -0.2) is 19.5 Å². The molecule has 9 heteroatoms. The van der Waals surface area contributed by atoms with E-state index in [9.17, 15) is 14.9 Å². The second kappa shape index (κ2) is 5.69. The molecule has 0 N–H and O–H groups in total. The summed E-state index contributed by atoms with van der Waals surface area (Å²) in [5, 5.41) is 15.4. The van der Waals surface area contributed by atoms with E-state index in [4.69, 9.17) is 11.6 Å². The zero-order chi connectivity index (χ0) is 15.0. The molecule has 0 atom stereocenters. The molecule has 21 heavy (non-hydrogen) atoms. The quantitative estimate of drug-likeness (QED) is 0.489. The fraction of sp³-hybridized carbons (Fsp3) is 0.583. The van der Waals surface area contributed by atoms with Crippen LogP contribution in [0, 0.1) is 16.0 Å². The maximum atomic E-state index is 12.0. The maximum Gasteiger partial charge on any atom is 0.372 e. The number of hydrogen-bond acceptors (Lipinski definition) is 6. The van der Waals surface area contributed by atoms with Crippen molar-refractivity contribution in [3.8, 4) is 0 Å². The molecule has 0 unspecified atom stereocenters. The van der Waals surface area contributed by atoms with Gasteiger partial charge in [0.25, 0.3) is 0 Å². The van der Waals surface area contributed by atoms with E-state index in [0.29, 0.717) is 4.96 Å². The van der Waals surface area contributed by atoms with Crippen LogP contribution in [0.5, 0.6) is 0 Å². The summed E-state index contributed by atoms with van der Waals surface area (Å²) in [6, 6.07) is 0. The summed E-state index contributed by atoms with van der Waals surface area (Å²) in [6.45, 7) is 0. The fourth-order valence-electron chi connectivity index (χ4n) is 2.73. The molecule has 7 nitrogen and oxygen atoms in total. The van der Waals surface area contributed by atoms with Crippen molar-refractivity contribution in [3.63, 3.8) is 0 Å². The number of nitrogens with zero attached hydrogens (tertiary/aromatic N) is 4. The number of rotatable bonds is 4. The third-order valence-electron chi connectivity index (χ3n) is 3.81. The Morgan fingerprint density at radius 1 is 1.43 bits per heavy atom. The lowest BCUT2D eigenvalue weighted by Crippen LogP contribution is -2.19. The molecule has 1 fully saturated rings. The van der Waals surface area contributed by atoms with E-state index < -0.39 is 16.2 Å². The summed E-state index contributed by atoms with van der Waals surface area (Å²) in [7, 11) is 0. The molecule has 0 spiro atoms. The van der Waals surface area contributed by atoms with Gasteiger partial charge in [0.15, 0.2) is 0 Å². The van der Waals surface area contributed by atoms with Crippen molar-refractivity contribution in [2.24, 2.45) is 5.92 Å². The average molecular weight is 329 g/mol. The Kier molecular flexibility index (Phi) is 3.90. The van der Waals surface area contributed by atoms with Gasteiger partial charge in [-0.1, -0.05) is 48.6 Å². The highest BCUT2D eigenvalue weighted by atomic mass is 35.5. The first-order valence-corrected chi connectivity index (χ1v) is 7.98. The third-order valence-corrected chi connectivity index (χ3v) is 5.04. The van der Waals surface area contributed by atoms with Crippen LogP contribution in [0.4, 0.5) is 5.69 Å². The highest BCUT2D eigenvalue weighted by Gasteiger charge is 2.24. The van der Waals surface area contributed by atoms with Crippen LogP contribution in [0.3, 0.4) is 0 Å². The Bertz CT molecular complexity index is 751. The van der Waals surface area contributed by atoms with E-state index in [0.717, 1.165) is 28.3 Å². The van der Waals surface area contributed by atoms with Crippen molar-refractivity contribution in [2.45, 2.75) is 38.5 Å². The van der Waals surface area contributed by atoms with Crippen LogP contribution in [0.25, 0.3) is 4.96 Å². The molecule has 3 rings (SSSR count). The van der Waals surface area contributed by atoms with Gasteiger partial charge >= 0.3 is 11.2 Å². The standard InChI is InChI=1S/C12H13ClN4O3S/c13-10-9(17(19)20)11(18)16-12(14-10)21-8(15-16)6-5-7-3-1-2-4-7/h7H,1-6H2. The Morgan fingerprint density at radius 2 is 2.14 bits per heavy atom. The Hall–Kier alpha value is -1.54. The Balaban J connectivity index is 1.90. The van der Waals surface area contributed by atoms with Gasteiger partial charge in [-0.3, -0.25) is 14.9 Å². The molecule has 0 aromatic carbocycles. The van der Waals surface area contributed by atoms with Gasteiger partial charge in [0.1, 0.15) is 5.01 Å². The number of hydrogen-bond donors (Lipinski definition) is 0. The van der Waals surface area contributed by atoms with Crippen molar-refractivity contribution >= 4 is 33.6 Å². The highest BCUT2D eigenvalue weighted by molar-refractivity contribution is 7.16. The van der Waals surface area contributed by atoms with Crippen molar-refractivity contribution in [2.75, 3.05) is 0 Å². The summed E-state index contributed by atoms with van der Waals surface area (Å²) in [6.07, 6.45) is 6.87. The van der Waals surface area contributed by atoms with Crippen LogP contribution in [0.15, 0.2) is 4.79 Å². The summed E-state index contributed by atoms with van der Waals surface area (Å²) < 4.78 is 0.985. The first-order valence-electron chi connectivity index (χ1n) is 6.79. The number of fused-ring (bicyclic) bond motifs is 1. The second-order valence-corrected chi connectivity index (χ2v) is 6.59. The highest BCUT2D eigenvalue weighted by Crippen LogP contribution is 2.29. The van der Waals surface area contributed by atoms with Gasteiger partial charge in [-0.25, -0.2) is 0 Å². The molecule has 1 saturated carbocycles. The minimum absolute atomic E-state index is 0.303. The van der Waals surface area contributed by atoms with Crippen molar-refractivity contribution < 1.29 is 4.92 Å². The summed E-state index contributed by atoms with van der Waals surface area (Å²) in [4.78, 5) is 26.2. The van der Waals surface area contributed by atoms with Gasteiger partial charge in [0.2, 0.25) is 10.1 Å². The van der Waals surface area contributed by atoms with E-state index in [1.54, 1.807) is 0 Å². The Labute approximate surface area is 128 Å². The molecular formula is C12H13ClN4O3S. The first kappa shape index (κ1) is 14.4. The lowest BCUT2D eigenvalue weighted by atomic mass is 10.0. The summed E-state index contributed by atoms with van der Waals surface area (Å²) in [5.74, 6) is 0.722. The van der Waals surface area contributed by atoms with Gasteiger partial charge in [-0.2, -0.15) is 14.6 Å². The van der Waals surface area contributed by atoms with E-state index in [1.807, 2.05) is 0 Å². The predicted molar refractivity (Wildman–Crippen MR) is 79.1 cm³/mol. The van der Waals surface area contributed by atoms with Crippen LogP contribution in [0.1, 0.15) is 37.1 Å². The lowest BCUT2D eigenvalue weighted by Gasteiger charge is -2.05. The average Bonchev–Trinajstić information content (AvgIpc) is 3.04. The maximum absolute atomic E-state index is 12.0. The fourth-order valence-corrected chi connectivity index (χ4v) is 3.91. The number of halogens is 1. The van der Waals surface area contributed by atoms with Crippen LogP contribution < -0.4 is 5.56 Å². The van der Waals surface area contributed by atoms with E-state index in [-0.39, 0.29) is 5.15 Å². The Morgan fingerprint density at radius 3 is 2.81 bits per heavy atom. The van der Waals surface area contributed by atoms with E-state index in [1.165, 1.54) is 37.0 Å². The topological polar surface area (TPSA) is 90.4 Å². The molecule has 2 aromatic heterocycles. The van der Waals surface area contributed by atoms with Crippen LogP contribution in [-0.2, 0) is 6.42 Å². The second-order valence-electron chi connectivity index (χ2n) is 5.19. The molecule has 0 aliphatic heterocycles. The molecule has 2 heterocycles. The number of nitro groups is 1. The zero-order valence-electron chi connectivity index (χ0n) is 11.1. The van der Waals surface area contributed by atoms with E-state index in [2.05, 4.69) is 10.1 Å². The summed E-state index contributed by atoms with van der Waals surface area (Å²) in [5.41, 5.74) is -1.54. The van der Waals surface area contributed by atoms with Gasteiger partial charge in [0, 0.05) is 6.42 Å². The number of aryl methyl sites for hydroxylation is 1.